The minimum Gasteiger partial charge on any atom is -0.379 e. The van der Waals surface area contributed by atoms with Gasteiger partial charge < -0.3 is 10.1 Å². The van der Waals surface area contributed by atoms with E-state index in [2.05, 4.69) is 22.3 Å². The van der Waals surface area contributed by atoms with Crippen LogP contribution in [0.4, 0.5) is 0 Å². The lowest BCUT2D eigenvalue weighted by molar-refractivity contribution is -0.120. The van der Waals surface area contributed by atoms with Crippen LogP contribution in [0, 0.1) is 0 Å². The molecular weight excluding hydrogens is 336 g/mol. The van der Waals surface area contributed by atoms with Gasteiger partial charge in [0.1, 0.15) is 0 Å². The van der Waals surface area contributed by atoms with Gasteiger partial charge >= 0.3 is 0 Å². The van der Waals surface area contributed by atoms with Gasteiger partial charge in [0.2, 0.25) is 5.91 Å². The summed E-state index contributed by atoms with van der Waals surface area (Å²) in [6.45, 7) is 3.83. The Morgan fingerprint density at radius 2 is 1.76 bits per heavy atom. The van der Waals surface area contributed by atoms with Gasteiger partial charge in [-0.25, -0.2) is 0 Å². The van der Waals surface area contributed by atoms with Gasteiger partial charge in [0, 0.05) is 24.7 Å². The van der Waals surface area contributed by atoms with E-state index in [-0.39, 0.29) is 11.9 Å². The molecule has 1 N–H and O–H groups in total. The zero-order valence-corrected chi connectivity index (χ0v) is 14.9. The van der Waals surface area contributed by atoms with Crippen LogP contribution in [0.3, 0.4) is 0 Å². The SMILES string of the molecule is O=C(Cc1ccc(Cl)cc1)NCC(c1ccccc1)N1CCOCC1. The predicted molar refractivity (Wildman–Crippen MR) is 99.7 cm³/mol. The molecule has 1 atom stereocenters. The molecule has 132 valence electrons. The molecule has 0 saturated carbocycles. The average Bonchev–Trinajstić information content (AvgIpc) is 2.66. The first-order valence-electron chi connectivity index (χ1n) is 8.60. The molecule has 4 nitrogen and oxygen atoms in total. The molecule has 0 aromatic heterocycles. The fourth-order valence-corrected chi connectivity index (χ4v) is 3.21. The van der Waals surface area contributed by atoms with E-state index >= 15 is 0 Å². The van der Waals surface area contributed by atoms with Crippen molar-refractivity contribution in [2.75, 3.05) is 32.8 Å². The smallest absolute Gasteiger partial charge is 0.224 e. The van der Waals surface area contributed by atoms with E-state index in [1.54, 1.807) is 0 Å². The normalized spacial score (nSPS) is 16.4. The summed E-state index contributed by atoms with van der Waals surface area (Å²) < 4.78 is 5.46. The molecule has 2 aromatic carbocycles. The van der Waals surface area contributed by atoms with Crippen molar-refractivity contribution in [2.24, 2.45) is 0 Å². The molecule has 1 aliphatic heterocycles. The standard InChI is InChI=1S/C20H23ClN2O2/c21-18-8-6-16(7-9-18)14-20(24)22-15-19(17-4-2-1-3-5-17)23-10-12-25-13-11-23/h1-9,19H,10-15H2,(H,22,24). The van der Waals surface area contributed by atoms with Gasteiger partial charge in [-0.1, -0.05) is 54.1 Å². The second-order valence-electron chi connectivity index (χ2n) is 6.18. The summed E-state index contributed by atoms with van der Waals surface area (Å²) in [5.74, 6) is 0.0245. The molecule has 1 amide bonds. The fourth-order valence-electron chi connectivity index (χ4n) is 3.08. The lowest BCUT2D eigenvalue weighted by Crippen LogP contribution is -2.44. The van der Waals surface area contributed by atoms with Crippen molar-refractivity contribution in [1.29, 1.82) is 0 Å². The van der Waals surface area contributed by atoms with E-state index in [1.165, 1.54) is 5.56 Å². The third-order valence-electron chi connectivity index (χ3n) is 4.44. The van der Waals surface area contributed by atoms with Crippen molar-refractivity contribution >= 4 is 17.5 Å². The zero-order chi connectivity index (χ0) is 17.5. The predicted octanol–water partition coefficient (Wildman–Crippen LogP) is 3.07. The highest BCUT2D eigenvalue weighted by Crippen LogP contribution is 2.21. The number of carbonyl (C=O) groups excluding carboxylic acids is 1. The van der Waals surface area contributed by atoms with Crippen LogP contribution >= 0.6 is 11.6 Å². The minimum absolute atomic E-state index is 0.0245. The quantitative estimate of drug-likeness (QED) is 0.862. The summed E-state index contributed by atoms with van der Waals surface area (Å²) in [4.78, 5) is 14.7. The van der Waals surface area contributed by atoms with Gasteiger partial charge in [-0.2, -0.15) is 0 Å². The van der Waals surface area contributed by atoms with E-state index in [0.717, 1.165) is 31.9 Å². The molecule has 2 aromatic rings. The third-order valence-corrected chi connectivity index (χ3v) is 4.69. The van der Waals surface area contributed by atoms with Gasteiger partial charge in [-0.05, 0) is 23.3 Å². The number of hydrogen-bond donors (Lipinski definition) is 1. The first-order chi connectivity index (χ1) is 12.2. The van der Waals surface area contributed by atoms with Crippen LogP contribution < -0.4 is 5.32 Å². The van der Waals surface area contributed by atoms with Crippen molar-refractivity contribution in [3.8, 4) is 0 Å². The van der Waals surface area contributed by atoms with Gasteiger partial charge in [0.15, 0.2) is 0 Å². The summed E-state index contributed by atoms with van der Waals surface area (Å²) in [5.41, 5.74) is 2.18. The van der Waals surface area contributed by atoms with Crippen molar-refractivity contribution in [1.82, 2.24) is 10.2 Å². The number of ether oxygens (including phenoxy) is 1. The highest BCUT2D eigenvalue weighted by atomic mass is 35.5. The number of amides is 1. The maximum atomic E-state index is 12.3. The molecule has 1 fully saturated rings. The maximum absolute atomic E-state index is 12.3. The van der Waals surface area contributed by atoms with E-state index in [9.17, 15) is 4.79 Å². The molecule has 1 heterocycles. The van der Waals surface area contributed by atoms with Crippen molar-refractivity contribution in [3.05, 3.63) is 70.7 Å². The Balaban J connectivity index is 1.61. The molecule has 0 aliphatic carbocycles. The Labute approximate surface area is 153 Å². The maximum Gasteiger partial charge on any atom is 0.224 e. The topological polar surface area (TPSA) is 41.6 Å². The van der Waals surface area contributed by atoms with E-state index in [0.29, 0.717) is 18.0 Å². The summed E-state index contributed by atoms with van der Waals surface area (Å²) >= 11 is 5.89. The number of rotatable bonds is 6. The van der Waals surface area contributed by atoms with Crippen LogP contribution in [-0.4, -0.2) is 43.7 Å². The Morgan fingerprint density at radius 3 is 2.44 bits per heavy atom. The largest absolute Gasteiger partial charge is 0.379 e. The zero-order valence-electron chi connectivity index (χ0n) is 14.2. The molecule has 0 bridgehead atoms. The number of nitrogens with one attached hydrogen (secondary N) is 1. The number of hydrogen-bond acceptors (Lipinski definition) is 3. The van der Waals surface area contributed by atoms with Gasteiger partial charge in [-0.15, -0.1) is 0 Å². The first kappa shape index (κ1) is 17.9. The second-order valence-corrected chi connectivity index (χ2v) is 6.62. The Morgan fingerprint density at radius 1 is 1.08 bits per heavy atom. The number of halogens is 1. The molecule has 3 rings (SSSR count). The molecule has 1 unspecified atom stereocenters. The van der Waals surface area contributed by atoms with Crippen molar-refractivity contribution < 1.29 is 9.53 Å². The molecular formula is C20H23ClN2O2. The van der Waals surface area contributed by atoms with Gasteiger partial charge in [0.25, 0.3) is 0 Å². The molecule has 5 heteroatoms. The molecule has 1 aliphatic rings. The molecule has 25 heavy (non-hydrogen) atoms. The first-order valence-corrected chi connectivity index (χ1v) is 8.98. The monoisotopic (exact) mass is 358 g/mol. The van der Waals surface area contributed by atoms with Crippen LogP contribution in [0.1, 0.15) is 17.2 Å². The summed E-state index contributed by atoms with van der Waals surface area (Å²) in [6, 6.07) is 17.9. The average molecular weight is 359 g/mol. The highest BCUT2D eigenvalue weighted by Gasteiger charge is 2.23. The highest BCUT2D eigenvalue weighted by molar-refractivity contribution is 6.30. The van der Waals surface area contributed by atoms with Crippen LogP contribution in [-0.2, 0) is 16.0 Å². The van der Waals surface area contributed by atoms with E-state index in [4.69, 9.17) is 16.3 Å². The second kappa shape index (κ2) is 8.99. The van der Waals surface area contributed by atoms with E-state index in [1.807, 2.05) is 42.5 Å². The molecule has 1 saturated heterocycles. The van der Waals surface area contributed by atoms with E-state index < -0.39 is 0 Å². The fraction of sp³-hybridized carbons (Fsp3) is 0.350. The lowest BCUT2D eigenvalue weighted by Gasteiger charge is -2.35. The Bertz CT molecular complexity index is 670. The van der Waals surface area contributed by atoms with Gasteiger partial charge in [-0.3, -0.25) is 9.69 Å². The van der Waals surface area contributed by atoms with Crippen LogP contribution in [0.5, 0.6) is 0 Å². The number of morpholine rings is 1. The van der Waals surface area contributed by atoms with Crippen LogP contribution in [0.25, 0.3) is 0 Å². The van der Waals surface area contributed by atoms with Crippen molar-refractivity contribution in [3.63, 3.8) is 0 Å². The number of benzene rings is 2. The minimum atomic E-state index is 0.0245. The lowest BCUT2D eigenvalue weighted by atomic mass is 10.0. The molecule has 0 radical (unpaired) electrons. The summed E-state index contributed by atoms with van der Waals surface area (Å²) in [7, 11) is 0. The summed E-state index contributed by atoms with van der Waals surface area (Å²) in [6.07, 6.45) is 0.363. The Hall–Kier alpha value is -1.88. The number of carbonyl (C=O) groups is 1. The summed E-state index contributed by atoms with van der Waals surface area (Å²) in [5, 5.41) is 3.77. The molecule has 0 spiro atoms. The van der Waals surface area contributed by atoms with Gasteiger partial charge in [0.05, 0.1) is 25.7 Å². The van der Waals surface area contributed by atoms with Crippen LogP contribution in [0.15, 0.2) is 54.6 Å². The Kier molecular flexibility index (Phi) is 6.45. The van der Waals surface area contributed by atoms with Crippen molar-refractivity contribution in [2.45, 2.75) is 12.5 Å². The number of nitrogens with zero attached hydrogens (tertiary/aromatic N) is 1. The van der Waals surface area contributed by atoms with Crippen LogP contribution in [0.2, 0.25) is 5.02 Å². The third kappa shape index (κ3) is 5.30.